The van der Waals surface area contributed by atoms with Gasteiger partial charge in [0.1, 0.15) is 9.22 Å². The van der Waals surface area contributed by atoms with Crippen molar-refractivity contribution < 1.29 is 47.3 Å². The average Bonchev–Trinajstić information content (AvgIpc) is 2.66. The van der Waals surface area contributed by atoms with Crippen molar-refractivity contribution in [2.75, 3.05) is 6.54 Å². The summed E-state index contributed by atoms with van der Waals surface area (Å²) in [7, 11) is -4.36. The van der Waals surface area contributed by atoms with Gasteiger partial charge in [-0.25, -0.2) is 0 Å². The molecule has 5 nitrogen and oxygen atoms in total. The van der Waals surface area contributed by atoms with Gasteiger partial charge >= 0.3 is 29.6 Å². The molecule has 0 saturated carbocycles. The van der Waals surface area contributed by atoms with Crippen molar-refractivity contribution in [1.82, 2.24) is 4.90 Å². The minimum Gasteiger partial charge on any atom is -0.289 e. The van der Waals surface area contributed by atoms with E-state index in [0.717, 1.165) is 11.8 Å². The van der Waals surface area contributed by atoms with Gasteiger partial charge in [0.25, 0.3) is 16.0 Å². The van der Waals surface area contributed by atoms with Crippen molar-refractivity contribution in [3.8, 4) is 0 Å². The second-order valence-corrected chi connectivity index (χ2v) is 7.16. The number of carbonyl (C=O) groups is 1. The third-order valence-corrected chi connectivity index (χ3v) is 4.97. The maximum Gasteiger partial charge on any atom is 1.00 e. The quantitative estimate of drug-likeness (QED) is 0.251. The number of rotatable bonds is 4. The van der Waals surface area contributed by atoms with Gasteiger partial charge in [0.2, 0.25) is 0 Å². The Kier molecular flexibility index (Phi) is 7.00. The molecule has 1 aromatic carbocycles. The Morgan fingerprint density at radius 1 is 1.36 bits per heavy atom. The van der Waals surface area contributed by atoms with Gasteiger partial charge in [-0.1, -0.05) is 48.3 Å². The van der Waals surface area contributed by atoms with E-state index in [2.05, 4.69) is 6.58 Å². The molecule has 0 bridgehead atoms. The van der Waals surface area contributed by atoms with Crippen LogP contribution in [0.15, 0.2) is 46.7 Å². The zero-order valence-corrected chi connectivity index (χ0v) is 16.2. The van der Waals surface area contributed by atoms with Gasteiger partial charge in [-0.15, -0.1) is 6.58 Å². The van der Waals surface area contributed by atoms with Gasteiger partial charge in [0, 0.05) is 6.54 Å². The first kappa shape index (κ1) is 19.6. The third kappa shape index (κ3) is 4.29. The third-order valence-electron chi connectivity index (χ3n) is 2.67. The van der Waals surface area contributed by atoms with Crippen LogP contribution in [-0.2, 0) is 14.9 Å². The molecular formula is C13H11NNaO4S3+. The van der Waals surface area contributed by atoms with E-state index in [4.69, 9.17) is 12.2 Å². The fourth-order valence-corrected chi connectivity index (χ4v) is 3.70. The summed E-state index contributed by atoms with van der Waals surface area (Å²) in [4.78, 5) is 13.6. The minimum atomic E-state index is -4.36. The van der Waals surface area contributed by atoms with E-state index in [1.165, 1.54) is 29.2 Å². The van der Waals surface area contributed by atoms with E-state index >= 15 is 0 Å². The first-order valence-electron chi connectivity index (χ1n) is 5.77. The molecule has 1 fully saturated rings. The number of carbonyl (C=O) groups excluding carboxylic acids is 1. The van der Waals surface area contributed by atoms with Crippen LogP contribution in [0.1, 0.15) is 5.56 Å². The summed E-state index contributed by atoms with van der Waals surface area (Å²) in [5, 5.41) is 0. The predicted molar refractivity (Wildman–Crippen MR) is 86.3 cm³/mol. The molecule has 0 radical (unpaired) electrons. The van der Waals surface area contributed by atoms with Crippen molar-refractivity contribution in [2.45, 2.75) is 4.90 Å². The van der Waals surface area contributed by atoms with Crippen LogP contribution < -0.4 is 29.6 Å². The largest absolute Gasteiger partial charge is 1.00 e. The normalized spacial score (nSPS) is 16.8. The van der Waals surface area contributed by atoms with Gasteiger partial charge in [-0.2, -0.15) is 8.42 Å². The van der Waals surface area contributed by atoms with Gasteiger partial charge in [0.05, 0.1) is 4.91 Å². The summed E-state index contributed by atoms with van der Waals surface area (Å²) in [5.41, 5.74) is 0.235. The molecule has 1 N–H and O–H groups in total. The molecule has 0 unspecified atom stereocenters. The van der Waals surface area contributed by atoms with Crippen LogP contribution in [0.25, 0.3) is 6.08 Å². The Balaban J connectivity index is 0.00000242. The zero-order valence-electron chi connectivity index (χ0n) is 11.7. The first-order chi connectivity index (χ1) is 9.84. The maximum absolute atomic E-state index is 12.2. The molecule has 1 aliphatic rings. The number of nitrogens with zero attached hydrogens (tertiary/aromatic N) is 1. The minimum absolute atomic E-state index is 0. The summed E-state index contributed by atoms with van der Waals surface area (Å²) in [6.07, 6.45) is 2.96. The van der Waals surface area contributed by atoms with Crippen LogP contribution in [0.2, 0.25) is 0 Å². The van der Waals surface area contributed by atoms with Crippen molar-refractivity contribution >= 4 is 50.4 Å². The monoisotopic (exact) mass is 364 g/mol. The maximum atomic E-state index is 12.2. The number of amides is 1. The Labute approximate surface area is 160 Å². The van der Waals surface area contributed by atoms with Crippen LogP contribution in [-0.4, -0.2) is 34.6 Å². The molecule has 22 heavy (non-hydrogen) atoms. The summed E-state index contributed by atoms with van der Waals surface area (Å²) < 4.78 is 32.2. The SMILES string of the molecule is C=CCN1C(=O)/C(=C/c2ccccc2S(=O)(=O)O)SC1=S.[Na+]. The standard InChI is InChI=1S/C13H11NO4S3.Na/c1-2-7-14-12(15)10(20-13(14)19)8-9-5-3-4-6-11(9)21(16,17)18;/h2-6,8H,1,7H2,(H,16,17,18);/q;+1/b10-8-;. The van der Waals surface area contributed by atoms with E-state index in [1.807, 2.05) is 0 Å². The molecular weight excluding hydrogens is 353 g/mol. The second-order valence-electron chi connectivity index (χ2n) is 4.09. The van der Waals surface area contributed by atoms with Crippen molar-refractivity contribution in [1.29, 1.82) is 0 Å². The van der Waals surface area contributed by atoms with Gasteiger partial charge in [-0.05, 0) is 17.7 Å². The van der Waals surface area contributed by atoms with E-state index in [0.29, 0.717) is 15.8 Å². The molecule has 2 rings (SSSR count). The predicted octanol–water partition coefficient (Wildman–Crippen LogP) is -0.675. The molecule has 0 aliphatic carbocycles. The van der Waals surface area contributed by atoms with Crippen molar-refractivity contribution in [3.05, 3.63) is 47.4 Å². The summed E-state index contributed by atoms with van der Waals surface area (Å²) in [6.45, 7) is 3.85. The Morgan fingerprint density at radius 2 is 2.00 bits per heavy atom. The van der Waals surface area contributed by atoms with Crippen LogP contribution in [0.4, 0.5) is 0 Å². The summed E-state index contributed by atoms with van der Waals surface area (Å²) in [6, 6.07) is 5.88. The average molecular weight is 364 g/mol. The fraction of sp³-hybridized carbons (Fsp3) is 0.0769. The van der Waals surface area contributed by atoms with Crippen LogP contribution in [0.5, 0.6) is 0 Å². The summed E-state index contributed by atoms with van der Waals surface area (Å²) in [5.74, 6) is -0.310. The molecule has 1 aromatic rings. The van der Waals surface area contributed by atoms with E-state index in [1.54, 1.807) is 12.1 Å². The van der Waals surface area contributed by atoms with E-state index in [9.17, 15) is 17.8 Å². The Bertz CT molecular complexity index is 758. The van der Waals surface area contributed by atoms with E-state index < -0.39 is 10.1 Å². The molecule has 0 aromatic heterocycles. The number of thioether (sulfide) groups is 1. The van der Waals surface area contributed by atoms with Crippen LogP contribution >= 0.6 is 24.0 Å². The number of benzene rings is 1. The molecule has 9 heteroatoms. The Morgan fingerprint density at radius 3 is 2.59 bits per heavy atom. The summed E-state index contributed by atoms with van der Waals surface area (Å²) >= 11 is 6.17. The van der Waals surface area contributed by atoms with Gasteiger partial charge in [-0.3, -0.25) is 14.2 Å². The number of hydrogen-bond donors (Lipinski definition) is 1. The Hall–Kier alpha value is -0.480. The van der Waals surface area contributed by atoms with Crippen LogP contribution in [0, 0.1) is 0 Å². The van der Waals surface area contributed by atoms with Gasteiger partial charge < -0.3 is 0 Å². The molecule has 1 amide bonds. The van der Waals surface area contributed by atoms with Crippen molar-refractivity contribution in [3.63, 3.8) is 0 Å². The number of thiocarbonyl (C=S) groups is 1. The first-order valence-corrected chi connectivity index (χ1v) is 8.44. The molecule has 1 saturated heterocycles. The van der Waals surface area contributed by atoms with Crippen molar-refractivity contribution in [2.24, 2.45) is 0 Å². The molecule has 110 valence electrons. The topological polar surface area (TPSA) is 74.7 Å². The zero-order chi connectivity index (χ0) is 15.6. The second kappa shape index (κ2) is 7.87. The van der Waals surface area contributed by atoms with Crippen LogP contribution in [0.3, 0.4) is 0 Å². The smallest absolute Gasteiger partial charge is 0.289 e. The number of hydrogen-bond acceptors (Lipinski definition) is 5. The van der Waals surface area contributed by atoms with E-state index in [-0.39, 0.29) is 45.9 Å². The molecule has 0 atom stereocenters. The molecule has 0 spiro atoms. The fourth-order valence-electron chi connectivity index (χ4n) is 1.76. The molecule has 1 aliphatic heterocycles. The molecule has 1 heterocycles. The van der Waals surface area contributed by atoms with Gasteiger partial charge in [0.15, 0.2) is 0 Å².